The summed E-state index contributed by atoms with van der Waals surface area (Å²) in [6, 6.07) is 15.0. The van der Waals surface area contributed by atoms with Crippen LogP contribution in [-0.4, -0.2) is 19.8 Å². The second-order valence-electron chi connectivity index (χ2n) is 15.5. The highest BCUT2D eigenvalue weighted by Crippen LogP contribution is 2.59. The highest BCUT2D eigenvalue weighted by molar-refractivity contribution is 7.60. The third kappa shape index (κ3) is 8.63. The van der Waals surface area contributed by atoms with Gasteiger partial charge in [0.05, 0.1) is 0 Å². The summed E-state index contributed by atoms with van der Waals surface area (Å²) < 4.78 is 33.6. The number of benzene rings is 3. The van der Waals surface area contributed by atoms with Gasteiger partial charge in [0.1, 0.15) is 11.5 Å². The van der Waals surface area contributed by atoms with E-state index in [-0.39, 0.29) is 33.2 Å². The lowest BCUT2D eigenvalue weighted by atomic mass is 9.76. The lowest BCUT2D eigenvalue weighted by molar-refractivity contribution is 0.229. The molecular weight excluding hydrogens is 598 g/mol. The summed E-state index contributed by atoms with van der Waals surface area (Å²) in [5.74, 6) is -0.499. The van der Waals surface area contributed by atoms with Gasteiger partial charge in [-0.1, -0.05) is 119 Å². The molecule has 0 fully saturated rings. The second-order valence-corrected chi connectivity index (χ2v) is 18.3. The number of hydrogen-bond donors (Lipinski definition) is 4. The monoisotopic (exact) mass is 646 g/mol. The fraction of sp³-hybridized carbons (Fsp3) is 0.471. The minimum Gasteiger partial charge on any atom is -0.507 e. The lowest BCUT2D eigenvalue weighted by Gasteiger charge is -2.29. The second kappa shape index (κ2) is 11.7. The number of phenolic OH excluding ortho intramolecular Hbond substituents is 1. The van der Waals surface area contributed by atoms with Crippen molar-refractivity contribution >= 4 is 15.6 Å². The molecule has 3 aromatic rings. The van der Waals surface area contributed by atoms with Crippen molar-refractivity contribution in [3.63, 3.8) is 0 Å². The van der Waals surface area contributed by atoms with Gasteiger partial charge < -0.3 is 19.4 Å². The molecule has 242 valence electrons. The summed E-state index contributed by atoms with van der Waals surface area (Å²) in [4.78, 5) is 28.8. The fourth-order valence-electron chi connectivity index (χ4n) is 5.08. The Labute approximate surface area is 262 Å². The van der Waals surface area contributed by atoms with Crippen LogP contribution in [0.3, 0.4) is 0 Å². The minimum absolute atomic E-state index is 0.110. The molecule has 0 aliphatic carbocycles. The summed E-state index contributed by atoms with van der Waals surface area (Å²) in [6.07, 6.45) is 0. The molecule has 0 heterocycles. The molecule has 0 saturated heterocycles. The molecule has 10 heteroatoms. The topological polar surface area (TPSA) is 134 Å². The van der Waals surface area contributed by atoms with Crippen LogP contribution in [0, 0.1) is 0 Å². The summed E-state index contributed by atoms with van der Waals surface area (Å²) in [5, 5.41) is 11.4. The van der Waals surface area contributed by atoms with Crippen molar-refractivity contribution < 1.29 is 37.8 Å². The van der Waals surface area contributed by atoms with E-state index in [1.165, 1.54) is 6.07 Å². The predicted octanol–water partition coefficient (Wildman–Crippen LogP) is 9.50. The Morgan fingerprint density at radius 2 is 0.955 bits per heavy atom. The third-order valence-corrected chi connectivity index (χ3v) is 9.59. The van der Waals surface area contributed by atoms with Gasteiger partial charge in [-0.25, -0.2) is 9.13 Å². The van der Waals surface area contributed by atoms with Crippen molar-refractivity contribution in [2.45, 2.75) is 105 Å². The van der Waals surface area contributed by atoms with Gasteiger partial charge in [0.15, 0.2) is 0 Å². The summed E-state index contributed by atoms with van der Waals surface area (Å²) in [7, 11) is -10.7. The molecule has 0 aliphatic rings. The fourth-order valence-corrected chi connectivity index (χ4v) is 6.69. The summed E-state index contributed by atoms with van der Waals surface area (Å²) >= 11 is 0. The maximum atomic E-state index is 12.8. The summed E-state index contributed by atoms with van der Waals surface area (Å²) in [5.41, 5.74) is 5.43. The maximum absolute atomic E-state index is 12.8. The SMILES string of the molecule is CC(C)(C)c1ccc(-c2cc(-c3ccc(C(C)(C)C)cc3C(C)(C)C)c(OP(=O)(O)OP(=O)(O)O)cc2O)c(C(C)(C)C)c1. The maximum Gasteiger partial charge on any atom is 0.536 e. The highest BCUT2D eigenvalue weighted by atomic mass is 31.3. The van der Waals surface area contributed by atoms with Crippen LogP contribution >= 0.6 is 15.6 Å². The van der Waals surface area contributed by atoms with Gasteiger partial charge in [-0.15, -0.1) is 0 Å². The van der Waals surface area contributed by atoms with E-state index in [4.69, 9.17) is 4.52 Å². The third-order valence-electron chi connectivity index (χ3n) is 7.49. The van der Waals surface area contributed by atoms with Gasteiger partial charge in [0.25, 0.3) is 0 Å². The molecule has 44 heavy (non-hydrogen) atoms. The number of rotatable bonds is 6. The normalized spacial score (nSPS) is 14.8. The average molecular weight is 647 g/mol. The summed E-state index contributed by atoms with van der Waals surface area (Å²) in [6.45, 7) is 25.2. The first-order valence-electron chi connectivity index (χ1n) is 14.6. The van der Waals surface area contributed by atoms with Crippen molar-refractivity contribution in [2.24, 2.45) is 0 Å². The number of phosphoric acid groups is 2. The quantitative estimate of drug-likeness (QED) is 0.195. The van der Waals surface area contributed by atoms with Crippen molar-refractivity contribution in [3.8, 4) is 33.8 Å². The Morgan fingerprint density at radius 3 is 1.32 bits per heavy atom. The van der Waals surface area contributed by atoms with Crippen LogP contribution in [0.4, 0.5) is 0 Å². The van der Waals surface area contributed by atoms with Crippen LogP contribution < -0.4 is 4.52 Å². The lowest BCUT2D eigenvalue weighted by Crippen LogP contribution is -2.18. The zero-order valence-electron chi connectivity index (χ0n) is 27.9. The van der Waals surface area contributed by atoms with Crippen LogP contribution in [0.25, 0.3) is 22.3 Å². The predicted molar refractivity (Wildman–Crippen MR) is 177 cm³/mol. The number of phenols is 1. The molecule has 1 unspecified atom stereocenters. The number of phosphoric ester groups is 1. The first-order valence-corrected chi connectivity index (χ1v) is 17.6. The van der Waals surface area contributed by atoms with Gasteiger partial charge in [0, 0.05) is 17.2 Å². The van der Waals surface area contributed by atoms with E-state index in [9.17, 15) is 28.9 Å². The highest BCUT2D eigenvalue weighted by Gasteiger charge is 2.36. The number of hydrogen-bond acceptors (Lipinski definition) is 5. The first-order chi connectivity index (χ1) is 19.6. The Hall–Kier alpha value is -2.44. The Bertz CT molecular complexity index is 1640. The molecule has 0 saturated carbocycles. The molecule has 0 amide bonds. The van der Waals surface area contributed by atoms with E-state index < -0.39 is 15.6 Å². The van der Waals surface area contributed by atoms with Gasteiger partial charge in [-0.2, -0.15) is 4.31 Å². The minimum atomic E-state index is -5.39. The van der Waals surface area contributed by atoms with Gasteiger partial charge >= 0.3 is 15.6 Å². The number of aromatic hydroxyl groups is 1. The van der Waals surface area contributed by atoms with Gasteiger partial charge in [-0.3, -0.25) is 4.89 Å². The zero-order chi connectivity index (χ0) is 33.8. The molecule has 0 spiro atoms. The molecule has 0 radical (unpaired) electrons. The molecule has 4 N–H and O–H groups in total. The van der Waals surface area contributed by atoms with E-state index in [1.54, 1.807) is 6.07 Å². The molecule has 3 rings (SSSR count). The van der Waals surface area contributed by atoms with E-state index in [1.807, 2.05) is 24.3 Å². The molecule has 0 aliphatic heterocycles. The first kappa shape index (κ1) is 36.0. The molecule has 0 bridgehead atoms. The van der Waals surface area contributed by atoms with Crippen LogP contribution in [0.15, 0.2) is 48.5 Å². The van der Waals surface area contributed by atoms with Crippen LogP contribution in [0.5, 0.6) is 11.5 Å². The average Bonchev–Trinajstić information content (AvgIpc) is 2.79. The Balaban J connectivity index is 2.46. The van der Waals surface area contributed by atoms with Crippen molar-refractivity contribution in [2.75, 3.05) is 0 Å². The van der Waals surface area contributed by atoms with Crippen LogP contribution in [0.2, 0.25) is 0 Å². The smallest absolute Gasteiger partial charge is 0.507 e. The Kier molecular flexibility index (Phi) is 9.61. The van der Waals surface area contributed by atoms with Gasteiger partial charge in [0.2, 0.25) is 0 Å². The molecular formula is C34H48O8P2. The van der Waals surface area contributed by atoms with E-state index in [2.05, 4.69) is 99.5 Å². The van der Waals surface area contributed by atoms with Crippen molar-refractivity contribution in [1.82, 2.24) is 0 Å². The molecule has 0 aromatic heterocycles. The van der Waals surface area contributed by atoms with E-state index in [0.29, 0.717) is 16.7 Å². The standard InChI is InChI=1S/C34H48O8P2/c1-31(2,3)21-13-15-23(27(17-21)33(7,8)9)25-19-26(30(20-29(25)35)41-44(39,40)42-43(36,37)38)24-16-14-22(32(4,5)6)18-28(24)34(10,11)12/h13-20,35H,1-12H3,(H,39,40)(H2,36,37,38). The largest absolute Gasteiger partial charge is 0.536 e. The molecule has 3 aromatic carbocycles. The Morgan fingerprint density at radius 1 is 0.545 bits per heavy atom. The van der Waals surface area contributed by atoms with Gasteiger partial charge in [-0.05, 0) is 61.1 Å². The van der Waals surface area contributed by atoms with Crippen molar-refractivity contribution in [1.29, 1.82) is 0 Å². The van der Waals surface area contributed by atoms with Crippen LogP contribution in [-0.2, 0) is 35.1 Å². The molecule has 8 nitrogen and oxygen atoms in total. The van der Waals surface area contributed by atoms with Crippen molar-refractivity contribution in [3.05, 3.63) is 70.8 Å². The molecule has 1 atom stereocenters. The van der Waals surface area contributed by atoms with E-state index >= 15 is 0 Å². The van der Waals surface area contributed by atoms with E-state index in [0.717, 1.165) is 27.8 Å². The zero-order valence-corrected chi connectivity index (χ0v) is 29.7. The van der Waals surface area contributed by atoms with Crippen LogP contribution in [0.1, 0.15) is 105 Å².